The maximum atomic E-state index is 12.7. The molecule has 1 aliphatic heterocycles. The number of hydrogen-bond donors (Lipinski definition) is 1. The minimum Gasteiger partial charge on any atom is -0.384 e. The lowest BCUT2D eigenvalue weighted by Gasteiger charge is -2.36. The fourth-order valence-electron chi connectivity index (χ4n) is 3.69. The minimum atomic E-state index is -0.0288. The summed E-state index contributed by atoms with van der Waals surface area (Å²) in [5, 5.41) is 3.38. The second kappa shape index (κ2) is 12.2. The Balaban J connectivity index is 1.55. The van der Waals surface area contributed by atoms with Crippen molar-refractivity contribution in [2.24, 2.45) is 0 Å². The zero-order valence-electron chi connectivity index (χ0n) is 19.8. The average molecular weight is 451 g/mol. The van der Waals surface area contributed by atoms with Crippen LogP contribution in [0.3, 0.4) is 0 Å². The molecule has 0 radical (unpaired) electrons. The average Bonchev–Trinajstić information content (AvgIpc) is 2.83. The highest BCUT2D eigenvalue weighted by Gasteiger charge is 2.21. The van der Waals surface area contributed by atoms with Crippen LogP contribution < -0.4 is 10.2 Å². The number of methoxy groups -OCH3 is 1. The van der Waals surface area contributed by atoms with E-state index in [4.69, 9.17) is 4.74 Å². The van der Waals surface area contributed by atoms with Gasteiger partial charge in [0.2, 0.25) is 5.91 Å². The molecule has 2 aromatic carbocycles. The summed E-state index contributed by atoms with van der Waals surface area (Å²) in [5.74, 6) is -0.0115. The van der Waals surface area contributed by atoms with E-state index in [0.717, 1.165) is 43.1 Å². The van der Waals surface area contributed by atoms with Crippen molar-refractivity contribution in [3.8, 4) is 0 Å². The van der Waals surface area contributed by atoms with E-state index in [0.29, 0.717) is 18.7 Å². The number of likely N-dealkylation sites (N-methyl/N-ethyl adjacent to an activating group) is 1. The van der Waals surface area contributed by atoms with Gasteiger partial charge in [-0.15, -0.1) is 0 Å². The molecule has 176 valence electrons. The molecule has 0 aromatic heterocycles. The van der Waals surface area contributed by atoms with Crippen LogP contribution in [0.25, 0.3) is 6.08 Å². The van der Waals surface area contributed by atoms with Gasteiger partial charge in [-0.25, -0.2) is 0 Å². The third-order valence-corrected chi connectivity index (χ3v) is 5.62. The molecule has 1 saturated heterocycles. The van der Waals surface area contributed by atoms with Crippen molar-refractivity contribution in [3.63, 3.8) is 0 Å². The SMILES string of the molecule is COCC(=O)N1CCN(c2cccc(C(=O)/C=C/c3ccc(NCCN(C)C)cc3)c2)CC1. The Morgan fingerprint density at radius 2 is 1.79 bits per heavy atom. The summed E-state index contributed by atoms with van der Waals surface area (Å²) >= 11 is 0. The van der Waals surface area contributed by atoms with Gasteiger partial charge in [-0.3, -0.25) is 9.59 Å². The van der Waals surface area contributed by atoms with Crippen LogP contribution in [-0.4, -0.2) is 88.6 Å². The largest absolute Gasteiger partial charge is 0.384 e. The van der Waals surface area contributed by atoms with Gasteiger partial charge in [-0.2, -0.15) is 0 Å². The van der Waals surface area contributed by atoms with E-state index >= 15 is 0 Å². The molecule has 1 N–H and O–H groups in total. The van der Waals surface area contributed by atoms with Crippen LogP contribution >= 0.6 is 0 Å². The van der Waals surface area contributed by atoms with Gasteiger partial charge >= 0.3 is 0 Å². The fraction of sp³-hybridized carbons (Fsp3) is 0.385. The molecule has 1 amide bonds. The van der Waals surface area contributed by atoms with Gasteiger partial charge in [0.05, 0.1) is 0 Å². The number of carbonyl (C=O) groups is 2. The number of ether oxygens (including phenoxy) is 1. The number of rotatable bonds is 10. The number of benzene rings is 2. The van der Waals surface area contributed by atoms with E-state index in [2.05, 4.69) is 29.2 Å². The van der Waals surface area contributed by atoms with Crippen LogP contribution in [0.5, 0.6) is 0 Å². The second-order valence-corrected chi connectivity index (χ2v) is 8.40. The molecule has 7 heteroatoms. The lowest BCUT2D eigenvalue weighted by molar-refractivity contribution is -0.135. The van der Waals surface area contributed by atoms with Gasteiger partial charge in [0.25, 0.3) is 0 Å². The molecule has 0 unspecified atom stereocenters. The molecule has 0 bridgehead atoms. The molecule has 0 spiro atoms. The van der Waals surface area contributed by atoms with Crippen LogP contribution in [0, 0.1) is 0 Å². The van der Waals surface area contributed by atoms with Gasteiger partial charge in [0, 0.05) is 63.3 Å². The summed E-state index contributed by atoms with van der Waals surface area (Å²) in [4.78, 5) is 30.9. The van der Waals surface area contributed by atoms with Crippen molar-refractivity contribution in [1.82, 2.24) is 9.80 Å². The topological polar surface area (TPSA) is 65.1 Å². The summed E-state index contributed by atoms with van der Waals surface area (Å²) < 4.78 is 4.94. The van der Waals surface area contributed by atoms with Crippen LogP contribution in [0.2, 0.25) is 0 Å². The molecule has 0 saturated carbocycles. The van der Waals surface area contributed by atoms with Crippen molar-refractivity contribution in [2.75, 3.05) is 77.3 Å². The summed E-state index contributed by atoms with van der Waals surface area (Å²) in [5.41, 5.74) is 3.71. The first-order valence-corrected chi connectivity index (χ1v) is 11.3. The molecule has 1 fully saturated rings. The molecular formula is C26H34N4O3. The zero-order valence-corrected chi connectivity index (χ0v) is 19.8. The van der Waals surface area contributed by atoms with Gasteiger partial charge in [-0.1, -0.05) is 30.3 Å². The lowest BCUT2D eigenvalue weighted by Crippen LogP contribution is -2.49. The Bertz CT molecular complexity index is 948. The number of carbonyl (C=O) groups excluding carboxylic acids is 2. The molecule has 0 aliphatic carbocycles. The number of ketones is 1. The van der Waals surface area contributed by atoms with Gasteiger partial charge in [-0.05, 0) is 50.0 Å². The van der Waals surface area contributed by atoms with Gasteiger partial charge < -0.3 is 24.8 Å². The first kappa shape index (κ1) is 24.5. The Kier molecular flexibility index (Phi) is 9.04. The highest BCUT2D eigenvalue weighted by molar-refractivity contribution is 6.07. The molecule has 2 aromatic rings. The first-order valence-electron chi connectivity index (χ1n) is 11.3. The quantitative estimate of drug-likeness (QED) is 0.444. The predicted octanol–water partition coefficient (Wildman–Crippen LogP) is 2.85. The maximum Gasteiger partial charge on any atom is 0.248 e. The Labute approximate surface area is 196 Å². The number of hydrogen-bond acceptors (Lipinski definition) is 6. The molecular weight excluding hydrogens is 416 g/mol. The van der Waals surface area contributed by atoms with E-state index in [1.807, 2.05) is 59.5 Å². The normalized spacial score (nSPS) is 14.2. The lowest BCUT2D eigenvalue weighted by atomic mass is 10.1. The summed E-state index contributed by atoms with van der Waals surface area (Å²) in [6, 6.07) is 15.7. The molecule has 1 heterocycles. The van der Waals surface area contributed by atoms with E-state index in [-0.39, 0.29) is 18.3 Å². The highest BCUT2D eigenvalue weighted by Crippen LogP contribution is 2.19. The molecule has 1 aliphatic rings. The van der Waals surface area contributed by atoms with Crippen LogP contribution in [0.1, 0.15) is 15.9 Å². The van der Waals surface area contributed by atoms with Gasteiger partial charge in [0.1, 0.15) is 6.61 Å². The van der Waals surface area contributed by atoms with Crippen LogP contribution in [0.4, 0.5) is 11.4 Å². The highest BCUT2D eigenvalue weighted by atomic mass is 16.5. The van der Waals surface area contributed by atoms with Gasteiger partial charge in [0.15, 0.2) is 5.78 Å². The van der Waals surface area contributed by atoms with Crippen LogP contribution in [0.15, 0.2) is 54.6 Å². The van der Waals surface area contributed by atoms with Crippen molar-refractivity contribution < 1.29 is 14.3 Å². The number of nitrogens with zero attached hydrogens (tertiary/aromatic N) is 3. The summed E-state index contributed by atoms with van der Waals surface area (Å²) in [7, 11) is 5.63. The monoisotopic (exact) mass is 450 g/mol. The smallest absolute Gasteiger partial charge is 0.248 e. The summed E-state index contributed by atoms with van der Waals surface area (Å²) in [6.07, 6.45) is 3.47. The number of amides is 1. The second-order valence-electron chi connectivity index (χ2n) is 8.40. The molecule has 0 atom stereocenters. The standard InChI is InChI=1S/C26H34N4O3/c1-28(2)14-13-27-23-10-7-21(8-11-23)9-12-25(31)22-5-4-6-24(19-22)29-15-17-30(18-16-29)26(32)20-33-3/h4-12,19,27H,13-18,20H2,1-3H3/b12-9+. The van der Waals surface area contributed by atoms with E-state index in [1.165, 1.54) is 7.11 Å². The number of nitrogens with one attached hydrogen (secondary N) is 1. The zero-order chi connectivity index (χ0) is 23.6. The minimum absolute atomic E-state index is 0.0172. The van der Waals surface area contributed by atoms with Crippen molar-refractivity contribution in [2.45, 2.75) is 0 Å². The number of anilines is 2. The van der Waals surface area contributed by atoms with E-state index in [1.54, 1.807) is 6.08 Å². The Morgan fingerprint density at radius 1 is 1.06 bits per heavy atom. The van der Waals surface area contributed by atoms with E-state index in [9.17, 15) is 9.59 Å². The third-order valence-electron chi connectivity index (χ3n) is 5.62. The van der Waals surface area contributed by atoms with Crippen molar-refractivity contribution >= 4 is 29.1 Å². The fourth-order valence-corrected chi connectivity index (χ4v) is 3.69. The molecule has 3 rings (SSSR count). The third kappa shape index (κ3) is 7.44. The van der Waals surface area contributed by atoms with Crippen LogP contribution in [-0.2, 0) is 9.53 Å². The molecule has 7 nitrogen and oxygen atoms in total. The van der Waals surface area contributed by atoms with Crippen molar-refractivity contribution in [1.29, 1.82) is 0 Å². The number of piperazine rings is 1. The van der Waals surface area contributed by atoms with E-state index < -0.39 is 0 Å². The maximum absolute atomic E-state index is 12.7. The van der Waals surface area contributed by atoms with Crippen molar-refractivity contribution in [3.05, 3.63) is 65.7 Å². The molecule has 33 heavy (non-hydrogen) atoms. The summed E-state index contributed by atoms with van der Waals surface area (Å²) in [6.45, 7) is 4.74. The predicted molar refractivity (Wildman–Crippen MR) is 134 cm³/mol. The Morgan fingerprint density at radius 3 is 2.45 bits per heavy atom. The Hall–Kier alpha value is -3.16. The first-order chi connectivity index (χ1) is 16.0. The number of allylic oxidation sites excluding steroid dienone is 1.